The lowest BCUT2D eigenvalue weighted by molar-refractivity contribution is -0.0329. The van der Waals surface area contributed by atoms with Gasteiger partial charge in [-0.2, -0.15) is 13.2 Å². The van der Waals surface area contributed by atoms with Crippen LogP contribution in [0, 0.1) is 12.7 Å². The van der Waals surface area contributed by atoms with E-state index in [9.17, 15) is 17.6 Å². The Hall–Kier alpha value is -0.710. The third kappa shape index (κ3) is 2.91. The van der Waals surface area contributed by atoms with Gasteiger partial charge in [-0.25, -0.2) is 4.39 Å². The van der Waals surface area contributed by atoms with Crippen LogP contribution in [0.4, 0.5) is 17.6 Å². The van der Waals surface area contributed by atoms with Crippen molar-refractivity contribution in [3.8, 4) is 0 Å². The third-order valence-corrected chi connectivity index (χ3v) is 2.15. The van der Waals surface area contributed by atoms with Crippen molar-refractivity contribution >= 4 is 11.8 Å². The molecule has 5 heteroatoms. The molecule has 0 radical (unpaired) electrons. The minimum absolute atomic E-state index is 0.217. The van der Waals surface area contributed by atoms with Crippen LogP contribution < -0.4 is 0 Å². The fraction of sp³-hybridized carbons (Fsp3) is 0.250. The molecule has 0 aliphatic rings. The van der Waals surface area contributed by atoms with E-state index in [1.807, 2.05) is 0 Å². The average Bonchev–Trinajstić information content (AvgIpc) is 1.96. The molecule has 0 fully saturated rings. The molecule has 72 valence electrons. The van der Waals surface area contributed by atoms with Crippen LogP contribution in [0.25, 0.3) is 0 Å². The minimum Gasteiger partial charge on any atom is -0.205 e. The molecule has 0 saturated carbocycles. The standard InChI is InChI=1S/C8H6F4S/c1-5-3-2-4-6(7(5)9)13-8(10,11)12/h2-4H,1H3. The molecule has 13 heavy (non-hydrogen) atoms. The fourth-order valence-electron chi connectivity index (χ4n) is 0.824. The van der Waals surface area contributed by atoms with Crippen molar-refractivity contribution in [3.05, 3.63) is 29.6 Å². The molecule has 0 spiro atoms. The third-order valence-electron chi connectivity index (χ3n) is 1.38. The fourth-order valence-corrected chi connectivity index (χ4v) is 1.47. The summed E-state index contributed by atoms with van der Waals surface area (Å²) in [4.78, 5) is -0.382. The van der Waals surface area contributed by atoms with E-state index in [1.165, 1.54) is 19.1 Å². The monoisotopic (exact) mass is 210 g/mol. The van der Waals surface area contributed by atoms with Gasteiger partial charge in [-0.3, -0.25) is 0 Å². The number of thioether (sulfide) groups is 1. The number of benzene rings is 1. The van der Waals surface area contributed by atoms with Crippen molar-refractivity contribution in [1.29, 1.82) is 0 Å². The number of hydrogen-bond donors (Lipinski definition) is 0. The lowest BCUT2D eigenvalue weighted by Gasteiger charge is -2.07. The first kappa shape index (κ1) is 10.4. The molecule has 0 nitrogen and oxygen atoms in total. The summed E-state index contributed by atoms with van der Waals surface area (Å²) in [6, 6.07) is 3.93. The van der Waals surface area contributed by atoms with E-state index < -0.39 is 23.1 Å². The molecule has 0 N–H and O–H groups in total. The van der Waals surface area contributed by atoms with Gasteiger partial charge in [-0.1, -0.05) is 12.1 Å². The van der Waals surface area contributed by atoms with Gasteiger partial charge in [0.15, 0.2) is 0 Å². The van der Waals surface area contributed by atoms with Gasteiger partial charge in [0.1, 0.15) is 5.82 Å². The van der Waals surface area contributed by atoms with Crippen LogP contribution in [0.5, 0.6) is 0 Å². The van der Waals surface area contributed by atoms with E-state index in [2.05, 4.69) is 0 Å². The molecule has 0 atom stereocenters. The zero-order valence-electron chi connectivity index (χ0n) is 6.65. The topological polar surface area (TPSA) is 0 Å². The highest BCUT2D eigenvalue weighted by atomic mass is 32.2. The van der Waals surface area contributed by atoms with Crippen LogP contribution in [-0.2, 0) is 0 Å². The summed E-state index contributed by atoms with van der Waals surface area (Å²) in [6.45, 7) is 1.43. The van der Waals surface area contributed by atoms with E-state index in [1.54, 1.807) is 0 Å². The maximum atomic E-state index is 13.0. The number of alkyl halides is 3. The van der Waals surface area contributed by atoms with Crippen molar-refractivity contribution in [2.24, 2.45) is 0 Å². The highest BCUT2D eigenvalue weighted by molar-refractivity contribution is 8.00. The van der Waals surface area contributed by atoms with Gasteiger partial charge in [0, 0.05) is 0 Å². The van der Waals surface area contributed by atoms with Crippen molar-refractivity contribution < 1.29 is 17.6 Å². The van der Waals surface area contributed by atoms with E-state index in [-0.39, 0.29) is 10.5 Å². The van der Waals surface area contributed by atoms with E-state index in [0.717, 1.165) is 6.07 Å². The Labute approximate surface area is 76.9 Å². The average molecular weight is 210 g/mol. The number of hydrogen-bond acceptors (Lipinski definition) is 1. The van der Waals surface area contributed by atoms with Crippen LogP contribution in [0.1, 0.15) is 5.56 Å². The number of halogens is 4. The molecular formula is C8H6F4S. The molecular weight excluding hydrogens is 204 g/mol. The minimum atomic E-state index is -4.44. The smallest absolute Gasteiger partial charge is 0.205 e. The highest BCUT2D eigenvalue weighted by Crippen LogP contribution is 2.38. The summed E-state index contributed by atoms with van der Waals surface area (Å²) in [5.41, 5.74) is -4.22. The van der Waals surface area contributed by atoms with Gasteiger partial charge in [-0.05, 0) is 30.3 Å². The predicted molar refractivity (Wildman–Crippen MR) is 43.0 cm³/mol. The molecule has 1 rings (SSSR count). The normalized spacial score (nSPS) is 11.8. The molecule has 0 aliphatic carbocycles. The second-order valence-electron chi connectivity index (χ2n) is 2.43. The maximum absolute atomic E-state index is 13.0. The van der Waals surface area contributed by atoms with E-state index >= 15 is 0 Å². The van der Waals surface area contributed by atoms with Gasteiger partial charge >= 0.3 is 5.51 Å². The van der Waals surface area contributed by atoms with Crippen molar-refractivity contribution in [2.45, 2.75) is 17.3 Å². The van der Waals surface area contributed by atoms with E-state index in [0.29, 0.717) is 0 Å². The summed E-state index contributed by atoms with van der Waals surface area (Å²) in [6.07, 6.45) is 0. The van der Waals surface area contributed by atoms with Gasteiger partial charge in [0.25, 0.3) is 0 Å². The number of rotatable bonds is 1. The summed E-state index contributed by atoms with van der Waals surface area (Å²) in [5.74, 6) is -0.801. The van der Waals surface area contributed by atoms with Gasteiger partial charge in [0.2, 0.25) is 0 Å². The maximum Gasteiger partial charge on any atom is 0.446 e. The van der Waals surface area contributed by atoms with Gasteiger partial charge in [-0.15, -0.1) is 0 Å². The molecule has 0 aromatic heterocycles. The van der Waals surface area contributed by atoms with Gasteiger partial charge < -0.3 is 0 Å². The van der Waals surface area contributed by atoms with Crippen molar-refractivity contribution in [1.82, 2.24) is 0 Å². The summed E-state index contributed by atoms with van der Waals surface area (Å²) in [5, 5.41) is 0. The summed E-state index contributed by atoms with van der Waals surface area (Å²) in [7, 11) is 0. The van der Waals surface area contributed by atoms with Crippen molar-refractivity contribution in [2.75, 3.05) is 0 Å². The molecule has 0 bridgehead atoms. The van der Waals surface area contributed by atoms with Crippen LogP contribution in [0.2, 0.25) is 0 Å². The molecule has 1 aromatic carbocycles. The Bertz CT molecular complexity index is 306. The Morgan fingerprint density at radius 1 is 1.23 bits per heavy atom. The number of aryl methyl sites for hydroxylation is 1. The summed E-state index contributed by atoms with van der Waals surface area (Å²) >= 11 is -0.433. The van der Waals surface area contributed by atoms with Crippen molar-refractivity contribution in [3.63, 3.8) is 0 Å². The Morgan fingerprint density at radius 2 is 1.85 bits per heavy atom. The second kappa shape index (κ2) is 3.57. The first-order valence-electron chi connectivity index (χ1n) is 3.41. The second-order valence-corrected chi connectivity index (χ2v) is 3.54. The largest absolute Gasteiger partial charge is 0.446 e. The molecule has 0 heterocycles. The predicted octanol–water partition coefficient (Wildman–Crippen LogP) is 3.75. The first-order chi connectivity index (χ1) is 5.90. The van der Waals surface area contributed by atoms with E-state index in [4.69, 9.17) is 0 Å². The lowest BCUT2D eigenvalue weighted by atomic mass is 10.2. The molecule has 1 aromatic rings. The Kier molecular flexibility index (Phi) is 2.85. The molecule has 0 amide bonds. The van der Waals surface area contributed by atoms with Crippen LogP contribution in [-0.4, -0.2) is 5.51 Å². The van der Waals surface area contributed by atoms with Crippen LogP contribution in [0.15, 0.2) is 23.1 Å². The van der Waals surface area contributed by atoms with Crippen LogP contribution in [0.3, 0.4) is 0 Å². The highest BCUT2D eigenvalue weighted by Gasteiger charge is 2.30. The quantitative estimate of drug-likeness (QED) is 0.502. The molecule has 0 unspecified atom stereocenters. The first-order valence-corrected chi connectivity index (χ1v) is 4.22. The zero-order valence-corrected chi connectivity index (χ0v) is 7.47. The Balaban J connectivity index is 2.96. The zero-order chi connectivity index (χ0) is 10.1. The SMILES string of the molecule is Cc1cccc(SC(F)(F)F)c1F. The van der Waals surface area contributed by atoms with Crippen LogP contribution >= 0.6 is 11.8 Å². The van der Waals surface area contributed by atoms with Gasteiger partial charge in [0.05, 0.1) is 4.90 Å². The lowest BCUT2D eigenvalue weighted by Crippen LogP contribution is -2.00. The Morgan fingerprint density at radius 3 is 2.38 bits per heavy atom. The molecule has 0 saturated heterocycles. The summed E-state index contributed by atoms with van der Waals surface area (Å²) < 4.78 is 48.6. The molecule has 0 aliphatic heterocycles.